The first kappa shape index (κ1) is 171. The molecule has 0 bridgehead atoms. The second-order valence-electron chi connectivity index (χ2n) is 27.1. The molecule has 3 N–H and O–H groups in total. The Balaban J connectivity index is 0.000000412. The molecular weight excluding hydrogens is 3510 g/mol. The first-order chi connectivity index (χ1) is 69.7. The molecule has 0 aliphatic carbocycles. The summed E-state index contributed by atoms with van der Waals surface area (Å²) < 4.78 is 12.1. The average Bonchev–Trinajstić information content (AvgIpc) is 0.735. The van der Waals surface area contributed by atoms with Gasteiger partial charge in [-0.1, -0.05) is 145 Å². The van der Waals surface area contributed by atoms with E-state index >= 15 is 0 Å². The van der Waals surface area contributed by atoms with Crippen molar-refractivity contribution in [2.24, 2.45) is 0 Å². The van der Waals surface area contributed by atoms with Crippen molar-refractivity contribution < 1.29 is 9.47 Å². The van der Waals surface area contributed by atoms with Crippen molar-refractivity contribution in [3.05, 3.63) is 209 Å². The molecule has 0 spiro atoms. The van der Waals surface area contributed by atoms with Crippen molar-refractivity contribution in [3.8, 4) is 34.0 Å². The first-order valence-electron chi connectivity index (χ1n) is 38.7. The fraction of sp³-hybridized carbons (Fsp3) is 0.0833. The van der Waals surface area contributed by atoms with Crippen LogP contribution in [-0.4, -0.2) is 29.9 Å². The zero-order valence-electron chi connectivity index (χ0n) is 78.6. The highest BCUT2D eigenvalue weighted by molar-refractivity contribution is 9.53. The zero-order chi connectivity index (χ0) is 113. The van der Waals surface area contributed by atoms with Crippen molar-refractivity contribution >= 4 is 745 Å². The van der Waals surface area contributed by atoms with Crippen LogP contribution in [0.25, 0.3) is 32.2 Å². The van der Waals surface area contributed by atoms with Gasteiger partial charge in [0, 0.05) is 11.1 Å². The molecule has 51 unspecified atom stereocenters. The number of rotatable bonds is 50. The minimum absolute atomic E-state index is 0.0490. The first-order valence-corrected chi connectivity index (χ1v) is 198. The number of aromatic nitrogens is 6. The zero-order valence-corrected chi connectivity index (χ0v) is 170. The maximum absolute atomic E-state index is 7.05. The third kappa shape index (κ3) is 61.0. The van der Waals surface area contributed by atoms with E-state index in [0.29, 0.717) is 70.1 Å². The predicted molar refractivity (Wildman–Crippen MR) is 977 cm³/mol. The van der Waals surface area contributed by atoms with Crippen molar-refractivity contribution in [2.45, 2.75) is 27.1 Å². The topological polar surface area (TPSA) is 143 Å². The Morgan fingerprint density at radius 1 is 0.268 bits per heavy atom. The van der Waals surface area contributed by atoms with Crippen LogP contribution in [0.2, 0.25) is 5.15 Å². The number of benzene rings is 4. The monoisotopic (exact) mass is 3640 g/mol. The minimum atomic E-state index is -0.190. The van der Waals surface area contributed by atoms with E-state index in [1.54, 1.807) is 30.5 Å². The van der Waals surface area contributed by atoms with Gasteiger partial charge >= 0.3 is 0 Å². The predicted octanol–water partition coefficient (Wildman–Crippen LogP) is 62.8. The molecule has 0 fully saturated rings. The molecule has 0 aliphatic heterocycles. The molecule has 0 aliphatic rings. The highest BCUT2D eigenvalue weighted by atomic mass is 35.5. The van der Waals surface area contributed by atoms with Gasteiger partial charge in [0.25, 0.3) is 11.6 Å². The van der Waals surface area contributed by atoms with Crippen molar-refractivity contribution in [2.75, 3.05) is 11.1 Å². The molecule has 51 atom stereocenters. The Bertz CT molecular complexity index is 4940. The van der Waals surface area contributed by atoms with E-state index in [1.807, 2.05) is 123 Å². The van der Waals surface area contributed by atoms with E-state index in [-0.39, 0.29) is 293 Å². The van der Waals surface area contributed by atoms with Crippen molar-refractivity contribution in [3.63, 3.8) is 0 Å². The Hall–Kier alpha value is 29.6. The van der Waals surface area contributed by atoms with Crippen LogP contribution in [0.3, 0.4) is 0 Å². The lowest BCUT2D eigenvalue weighted by Gasteiger charge is -2.58. The number of nitrogens with two attached hydrogens (primary N) is 1. The lowest BCUT2D eigenvalue weighted by atomic mass is 10.1. The second-order valence-corrected chi connectivity index (χ2v) is 387. The Kier molecular flexibility index (Phi) is 108. The van der Waals surface area contributed by atoms with Gasteiger partial charge in [0.15, 0.2) is 22.5 Å². The number of hydrogen-bond donors (Lipinski definition) is 2. The highest BCUT2D eigenvalue weighted by Gasteiger charge is 2.60. The number of nitrogen functional groups attached to an aromatic ring is 1. The summed E-state index contributed by atoms with van der Waals surface area (Å²) in [4.78, 5) is 31.5. The largest absolute Gasteiger partial charge is 0.483 e. The summed E-state index contributed by atoms with van der Waals surface area (Å²) in [6.45, 7) is 13.2. The average molecular weight is 3640 g/mol. The number of halogens is 1. The maximum atomic E-state index is 7.05. The number of aryl methyl sites for hydroxylation is 2. The van der Waals surface area contributed by atoms with E-state index in [4.69, 9.17) is 40.0 Å². The maximum Gasteiger partial charge on any atom is 0.269 e. The van der Waals surface area contributed by atoms with Gasteiger partial charge in [0.05, 0.1) is 11.4 Å². The molecule has 4 heterocycles. The summed E-state index contributed by atoms with van der Waals surface area (Å²) in [6, 6.07) is 42.7. The Morgan fingerprint density at radius 2 is 0.510 bits per heavy atom. The fourth-order valence-corrected chi connectivity index (χ4v) is 1220. The summed E-state index contributed by atoms with van der Waals surface area (Å²) >= 11 is 6.20. The van der Waals surface area contributed by atoms with Crippen LogP contribution in [0.1, 0.15) is 22.3 Å². The molecule has 4 aromatic carbocycles. The molecule has 832 valence electrons. The Labute approximate surface area is 1050 Å². The van der Waals surface area contributed by atoms with Crippen LogP contribution in [0.15, 0.2) is 159 Å². The van der Waals surface area contributed by atoms with Crippen LogP contribution in [-0.2, 0) is 13.2 Å². The molecule has 0 saturated heterocycles. The van der Waals surface area contributed by atoms with E-state index in [0.717, 1.165) is 22.3 Å². The SMILES string of the molecule is Cc1ccc(-c2ncnc(Cl)c2OCc2ccccc2)cc1.PP(P)P(P)P(P(P)P)P(P(P(P(P)P)P(P)P)P(P(P)P)P(P)P)P(P(P(P)P)P(P)P)P(P(P)P)P(P)P.PP(P)P(P)P(P(P)P)P(P(P(P)P)P(P)P)P(P(P(P(P)P)P(P)P)P(P(P)P)P(P)P)P(P(P(P)P)P(P)P)P(P(P)P)P(P)P.[C-]#[N+]c1ccc(N)cn1.[C-]#[N+]c1ccc(Nc2ncnc(-c3ccc(C)cc3)c2OCc2ccccc2)cn1. The van der Waals surface area contributed by atoms with Gasteiger partial charge in [-0.3, -0.25) is 0 Å². The number of nitrogens with zero attached hydrogens (tertiary/aromatic N) is 8. The molecule has 0 radical (unpaired) electrons. The standard InChI is InChI=1S/C24H19N5O.C18H15ClN2O.C6H5N3.H50P48.H42P40/c1-17-8-10-19(11-9-17)22-23(30-15-18-6-4-3-5-7-18)24(28-16-27-22)29-20-12-13-21(25-2)26-14-20;1-13-7-9-15(10-8-13)16-17(18(19)21-12-20-16)22-11-14-5-3-2-4-6-14;1-8-6-3-2-5(7)4-9-6;1-26(2)38(25)44(37(23)24)47(43(35(19)20)36(21)22)48(45(39(27(3)4)28(5)6)40(29(7)8)30(9)10)46(41(31(11)12)32(13)14)42(33(15)16)34(17)18;1-22(2)32(21)37(31(19)20)40(38(33(23(3)4)24(5)6)34(25(7)8)26(9)10)39(35(27(11)12)28(13)14)36(29(15)16)30(17)18/h3-14,16H,15H2,1H3,(H,27,28,29);2-10,12H,11H2,1H3;2-4H,7H2;1-25H2;1-21H2. The van der Waals surface area contributed by atoms with Crippen LogP contribution in [0.4, 0.5) is 28.8 Å². The van der Waals surface area contributed by atoms with E-state index < -0.39 is 0 Å². The van der Waals surface area contributed by atoms with Crippen LogP contribution < -0.4 is 20.5 Å². The minimum Gasteiger partial charge on any atom is -0.483 e. The number of ether oxygens (including phenoxy) is 2. The normalized spacial score (nSPS) is 13.6. The van der Waals surface area contributed by atoms with Gasteiger partial charge in [-0.2, -0.15) is 0 Å². The summed E-state index contributed by atoms with van der Waals surface area (Å²) in [5, 5.41) is 3.56. The smallest absolute Gasteiger partial charge is 0.269 e. The van der Waals surface area contributed by atoms with E-state index in [9.17, 15) is 0 Å². The van der Waals surface area contributed by atoms with Gasteiger partial charge in [-0.05, 0) is 343 Å². The Morgan fingerprint density at radius 3 is 0.758 bits per heavy atom. The molecule has 101 heteroatoms. The molecule has 149 heavy (non-hydrogen) atoms. The van der Waals surface area contributed by atoms with Gasteiger partial charge < -0.3 is 30.2 Å². The fourth-order valence-electron chi connectivity index (χ4n) is 10.5. The van der Waals surface area contributed by atoms with Gasteiger partial charge in [-0.15, -0.1) is 421 Å². The number of pyridine rings is 2. The molecule has 8 aromatic rings. The van der Waals surface area contributed by atoms with Crippen molar-refractivity contribution in [1.29, 1.82) is 0 Å². The summed E-state index contributed by atoms with van der Waals surface area (Å²) in [5.74, 6) is 2.32. The lowest BCUT2D eigenvalue weighted by molar-refractivity contribution is 0.305. The summed E-state index contributed by atoms with van der Waals surface area (Å²) in [6.07, 6.45) is 6.02. The molecule has 8 rings (SSSR count). The molecule has 0 amide bonds. The van der Waals surface area contributed by atoms with Gasteiger partial charge in [0.2, 0.25) is 0 Å². The lowest BCUT2D eigenvalue weighted by Crippen LogP contribution is -2.04. The number of anilines is 3. The number of nitrogens with one attached hydrogen (secondary N) is 1. The third-order valence-corrected chi connectivity index (χ3v) is 619. The van der Waals surface area contributed by atoms with E-state index in [1.165, 1.54) is 30.0 Å². The highest BCUT2D eigenvalue weighted by Crippen LogP contribution is 3.47. The summed E-state index contributed by atoms with van der Waals surface area (Å²) in [7, 11) is 158. The molecule has 12 nitrogen and oxygen atoms in total. The van der Waals surface area contributed by atoms with Crippen molar-refractivity contribution in [1.82, 2.24) is 29.9 Å². The van der Waals surface area contributed by atoms with E-state index in [2.05, 4.69) is 456 Å². The van der Waals surface area contributed by atoms with Crippen LogP contribution in [0.5, 0.6) is 11.5 Å². The second kappa shape index (κ2) is 94.2. The molecular formula is C48H131ClN10O2P88. The molecule has 0 saturated carbocycles. The number of hydrogen-bond acceptors (Lipinski definition) is 10. The van der Waals surface area contributed by atoms with Crippen LogP contribution >= 0.6 is 716 Å². The quantitative estimate of drug-likeness (QED) is 0.0215. The van der Waals surface area contributed by atoms with Gasteiger partial charge in [-0.25, -0.2) is 19.9 Å². The third-order valence-electron chi connectivity index (χ3n) is 16.2. The summed E-state index contributed by atoms with van der Waals surface area (Å²) in [5.41, 5.74) is 14.4. The van der Waals surface area contributed by atoms with Crippen LogP contribution in [0, 0.1) is 27.0 Å². The molecule has 4 aromatic heterocycles. The van der Waals surface area contributed by atoms with Gasteiger partial charge in [0.1, 0.15) is 49.6 Å².